The first kappa shape index (κ1) is 27.1. The molecule has 6 rings (SSSR count). The van der Waals surface area contributed by atoms with Gasteiger partial charge in [0, 0.05) is 30.4 Å². The van der Waals surface area contributed by atoms with E-state index in [0.717, 1.165) is 15.9 Å². The fraction of sp³-hybridized carbons (Fsp3) is 0.194. The van der Waals surface area contributed by atoms with Crippen molar-refractivity contribution in [2.24, 2.45) is 0 Å². The fourth-order valence-corrected chi connectivity index (χ4v) is 7.56. The van der Waals surface area contributed by atoms with E-state index in [4.69, 9.17) is 9.84 Å². The fourth-order valence-electron chi connectivity index (χ4n) is 4.99. The van der Waals surface area contributed by atoms with Gasteiger partial charge in [-0.25, -0.2) is 18.1 Å². The van der Waals surface area contributed by atoms with Crippen molar-refractivity contribution in [3.63, 3.8) is 0 Å². The number of nitriles is 1. The van der Waals surface area contributed by atoms with Crippen molar-refractivity contribution in [2.75, 3.05) is 13.1 Å². The second kappa shape index (κ2) is 11.0. The molecule has 8 nitrogen and oxygen atoms in total. The molecule has 0 bridgehead atoms. The Bertz CT molecular complexity index is 1860. The van der Waals surface area contributed by atoms with Gasteiger partial charge in [0.2, 0.25) is 10.0 Å². The number of thiazole rings is 1. The van der Waals surface area contributed by atoms with Gasteiger partial charge in [0.1, 0.15) is 16.8 Å². The average Bonchev–Trinajstić information content (AvgIpc) is 3.60. The quantitative estimate of drug-likeness (QED) is 0.228. The minimum absolute atomic E-state index is 0.187. The zero-order valence-electron chi connectivity index (χ0n) is 22.5. The summed E-state index contributed by atoms with van der Waals surface area (Å²) in [6, 6.07) is 26.5. The Hall–Kier alpha value is -4.14. The highest BCUT2D eigenvalue weighted by atomic mass is 32.2. The van der Waals surface area contributed by atoms with Gasteiger partial charge in [-0.15, -0.1) is 11.3 Å². The predicted octanol–water partition coefficient (Wildman–Crippen LogP) is 6.01. The van der Waals surface area contributed by atoms with E-state index >= 15 is 0 Å². The molecule has 1 saturated heterocycles. The van der Waals surface area contributed by atoms with Crippen LogP contribution in [-0.4, -0.2) is 52.8 Å². The summed E-state index contributed by atoms with van der Waals surface area (Å²) in [6.45, 7) is 4.34. The zero-order valence-corrected chi connectivity index (χ0v) is 24.1. The Morgan fingerprint density at radius 3 is 2.49 bits per heavy atom. The van der Waals surface area contributed by atoms with Crippen molar-refractivity contribution >= 4 is 43.2 Å². The predicted molar refractivity (Wildman–Crippen MR) is 161 cm³/mol. The molecular weight excluding hydrogens is 555 g/mol. The normalized spacial score (nSPS) is 18.4. The van der Waals surface area contributed by atoms with Gasteiger partial charge in [0.15, 0.2) is 0 Å². The van der Waals surface area contributed by atoms with Crippen molar-refractivity contribution in [3.8, 4) is 23.0 Å². The molecule has 2 atom stereocenters. The van der Waals surface area contributed by atoms with E-state index in [1.165, 1.54) is 15.6 Å². The second-order valence-corrected chi connectivity index (χ2v) is 12.9. The molecule has 206 valence electrons. The number of morpholine rings is 1. The minimum Gasteiger partial charge on any atom is -0.373 e. The summed E-state index contributed by atoms with van der Waals surface area (Å²) in [5.41, 5.74) is 3.94. The molecule has 10 heteroatoms. The molecule has 1 fully saturated rings. The SMILES string of the molecule is C[C@H]1CN(S(=O)(=O)c2cccc(-c3nn(-c4ccccc4)cc3/C=C(/C#N)c3nc4ccccc4s3)c2)C[C@H](C)O1. The standard InChI is InChI=1S/C31H27N5O3S2/c1-21-18-35(19-22(2)39-21)41(37,38)27-12-8-9-23(16-27)30-25(20-36(34-30)26-10-4-3-5-11-26)15-24(17-32)31-33-28-13-6-7-14-29(28)40-31/h3-16,20-22H,18-19H2,1-2H3/b24-15-/t21-,22-/m0/s1. The largest absolute Gasteiger partial charge is 0.373 e. The van der Waals surface area contributed by atoms with Crippen molar-refractivity contribution in [2.45, 2.75) is 31.0 Å². The lowest BCUT2D eigenvalue weighted by Crippen LogP contribution is -2.48. The number of para-hydroxylation sites is 2. The monoisotopic (exact) mass is 581 g/mol. The Morgan fingerprint density at radius 1 is 1.02 bits per heavy atom. The van der Waals surface area contributed by atoms with Crippen LogP contribution in [0, 0.1) is 11.3 Å². The molecule has 3 aromatic carbocycles. The van der Waals surface area contributed by atoms with Gasteiger partial charge in [0.25, 0.3) is 0 Å². The maximum absolute atomic E-state index is 13.7. The molecule has 3 heterocycles. The van der Waals surface area contributed by atoms with Crippen LogP contribution in [0.4, 0.5) is 0 Å². The lowest BCUT2D eigenvalue weighted by Gasteiger charge is -2.34. The summed E-state index contributed by atoms with van der Waals surface area (Å²) in [6.07, 6.45) is 3.23. The topological polar surface area (TPSA) is 101 Å². The smallest absolute Gasteiger partial charge is 0.243 e. The summed E-state index contributed by atoms with van der Waals surface area (Å²) >= 11 is 1.45. The first-order valence-electron chi connectivity index (χ1n) is 13.2. The minimum atomic E-state index is -3.76. The van der Waals surface area contributed by atoms with Crippen LogP contribution in [0.2, 0.25) is 0 Å². The highest BCUT2D eigenvalue weighted by molar-refractivity contribution is 7.89. The molecule has 0 amide bonds. The van der Waals surface area contributed by atoms with Gasteiger partial charge < -0.3 is 4.74 Å². The highest BCUT2D eigenvalue weighted by Crippen LogP contribution is 2.32. The average molecular weight is 582 g/mol. The maximum atomic E-state index is 13.7. The molecule has 0 aliphatic carbocycles. The molecule has 1 aliphatic heterocycles. The van der Waals surface area contributed by atoms with Gasteiger partial charge in [-0.3, -0.25) is 0 Å². The van der Waals surface area contributed by atoms with E-state index < -0.39 is 10.0 Å². The number of fused-ring (bicyclic) bond motifs is 1. The summed E-state index contributed by atoms with van der Waals surface area (Å²) in [4.78, 5) is 4.85. The molecule has 0 unspecified atom stereocenters. The number of sulfonamides is 1. The van der Waals surface area contributed by atoms with Gasteiger partial charge in [-0.2, -0.15) is 14.7 Å². The molecule has 1 aliphatic rings. The molecule has 0 spiro atoms. The number of hydrogen-bond acceptors (Lipinski definition) is 7. The highest BCUT2D eigenvalue weighted by Gasteiger charge is 2.32. The first-order valence-corrected chi connectivity index (χ1v) is 15.5. The van der Waals surface area contributed by atoms with E-state index in [9.17, 15) is 13.7 Å². The van der Waals surface area contributed by atoms with Crippen LogP contribution in [0.5, 0.6) is 0 Å². The van der Waals surface area contributed by atoms with E-state index in [0.29, 0.717) is 40.5 Å². The van der Waals surface area contributed by atoms with Crippen molar-refractivity contribution in [3.05, 3.63) is 95.6 Å². The van der Waals surface area contributed by atoms with E-state index in [-0.39, 0.29) is 17.1 Å². The molecule has 0 radical (unpaired) electrons. The van der Waals surface area contributed by atoms with E-state index in [2.05, 4.69) is 11.1 Å². The van der Waals surface area contributed by atoms with Gasteiger partial charge in [-0.05, 0) is 56.3 Å². The number of nitrogens with zero attached hydrogens (tertiary/aromatic N) is 5. The van der Waals surface area contributed by atoms with Crippen LogP contribution in [-0.2, 0) is 14.8 Å². The Balaban J connectivity index is 1.46. The Morgan fingerprint density at radius 2 is 1.76 bits per heavy atom. The van der Waals surface area contributed by atoms with Gasteiger partial charge in [0.05, 0.1) is 38.6 Å². The Labute approximate surface area is 242 Å². The molecule has 0 saturated carbocycles. The van der Waals surface area contributed by atoms with Gasteiger partial charge in [-0.1, -0.05) is 42.5 Å². The van der Waals surface area contributed by atoms with Crippen molar-refractivity contribution < 1.29 is 13.2 Å². The maximum Gasteiger partial charge on any atom is 0.243 e. The molecule has 5 aromatic rings. The van der Waals surface area contributed by atoms with Crippen LogP contribution in [0.15, 0.2) is 90.0 Å². The van der Waals surface area contributed by atoms with Crippen molar-refractivity contribution in [1.82, 2.24) is 19.1 Å². The van der Waals surface area contributed by atoms with E-state index in [1.807, 2.05) is 80.7 Å². The number of hydrogen-bond donors (Lipinski definition) is 0. The van der Waals surface area contributed by atoms with Crippen LogP contribution in [0.3, 0.4) is 0 Å². The second-order valence-electron chi connectivity index (χ2n) is 9.98. The summed E-state index contributed by atoms with van der Waals surface area (Å²) in [7, 11) is -3.76. The lowest BCUT2D eigenvalue weighted by molar-refractivity contribution is -0.0440. The summed E-state index contributed by atoms with van der Waals surface area (Å²) in [5, 5.41) is 15.6. The third kappa shape index (κ3) is 5.45. The zero-order chi connectivity index (χ0) is 28.6. The van der Waals surface area contributed by atoms with Crippen LogP contribution < -0.4 is 0 Å². The summed E-state index contributed by atoms with van der Waals surface area (Å²) in [5.74, 6) is 0. The number of benzene rings is 3. The van der Waals surface area contributed by atoms with Crippen LogP contribution >= 0.6 is 11.3 Å². The van der Waals surface area contributed by atoms with Crippen LogP contribution in [0.1, 0.15) is 24.4 Å². The molecule has 0 N–H and O–H groups in total. The number of rotatable bonds is 6. The van der Waals surface area contributed by atoms with Crippen molar-refractivity contribution in [1.29, 1.82) is 5.26 Å². The van der Waals surface area contributed by atoms with Gasteiger partial charge >= 0.3 is 0 Å². The summed E-state index contributed by atoms with van der Waals surface area (Å²) < 4.78 is 37.3. The third-order valence-electron chi connectivity index (χ3n) is 6.84. The van der Waals surface area contributed by atoms with Crippen LogP contribution in [0.25, 0.3) is 38.8 Å². The Kier molecular flexibility index (Phi) is 7.28. The number of aromatic nitrogens is 3. The van der Waals surface area contributed by atoms with E-state index in [1.54, 1.807) is 29.0 Å². The molecular formula is C31H27N5O3S2. The first-order chi connectivity index (χ1) is 19.8. The molecule has 41 heavy (non-hydrogen) atoms. The molecule has 2 aromatic heterocycles. The third-order valence-corrected chi connectivity index (χ3v) is 9.74. The number of allylic oxidation sites excluding steroid dienone is 1. The lowest BCUT2D eigenvalue weighted by atomic mass is 10.1. The number of ether oxygens (including phenoxy) is 1.